The Balaban J connectivity index is 1.99. The molecule has 4 heteroatoms. The molecule has 2 N–H and O–H groups in total. The van der Waals surface area contributed by atoms with Crippen LogP contribution in [0, 0.1) is 0 Å². The summed E-state index contributed by atoms with van der Waals surface area (Å²) in [5.41, 5.74) is 7.27. The number of hydrogen-bond acceptors (Lipinski definition) is 4. The van der Waals surface area contributed by atoms with Crippen molar-refractivity contribution in [3.05, 3.63) is 30.1 Å². The number of nitrogens with two attached hydrogens (primary N) is 1. The summed E-state index contributed by atoms with van der Waals surface area (Å²) in [6, 6.07) is 5.11. The van der Waals surface area contributed by atoms with Crippen molar-refractivity contribution in [2.24, 2.45) is 5.73 Å². The smallest absolute Gasteiger partial charge is 0.0471 e. The molecule has 0 saturated carbocycles. The molecule has 1 aliphatic rings. The number of nitrogens with zero attached hydrogens (tertiary/aromatic N) is 3. The van der Waals surface area contributed by atoms with Gasteiger partial charge in [0.2, 0.25) is 0 Å². The topological polar surface area (TPSA) is 45.4 Å². The van der Waals surface area contributed by atoms with Crippen molar-refractivity contribution in [2.45, 2.75) is 31.8 Å². The Kier molecular flexibility index (Phi) is 5.31. The van der Waals surface area contributed by atoms with Crippen molar-refractivity contribution >= 4 is 0 Å². The molecule has 4 nitrogen and oxygen atoms in total. The van der Waals surface area contributed by atoms with E-state index in [0.717, 1.165) is 0 Å². The van der Waals surface area contributed by atoms with E-state index in [1.54, 1.807) is 0 Å². The maximum atomic E-state index is 5.99. The van der Waals surface area contributed by atoms with Gasteiger partial charge >= 0.3 is 0 Å². The van der Waals surface area contributed by atoms with E-state index >= 15 is 0 Å². The van der Waals surface area contributed by atoms with Crippen LogP contribution >= 0.6 is 0 Å². The first-order valence-corrected chi connectivity index (χ1v) is 7.30. The average molecular weight is 262 g/mol. The molecule has 1 fully saturated rings. The van der Waals surface area contributed by atoms with Gasteiger partial charge in [0.15, 0.2) is 0 Å². The van der Waals surface area contributed by atoms with Crippen molar-refractivity contribution < 1.29 is 0 Å². The lowest BCUT2D eigenvalue weighted by atomic mass is 9.99. The van der Waals surface area contributed by atoms with Crippen molar-refractivity contribution in [3.63, 3.8) is 0 Å². The molecule has 0 radical (unpaired) electrons. The van der Waals surface area contributed by atoms with Crippen LogP contribution < -0.4 is 5.73 Å². The molecule has 0 aliphatic carbocycles. The quantitative estimate of drug-likeness (QED) is 0.873. The third kappa shape index (κ3) is 3.53. The van der Waals surface area contributed by atoms with E-state index in [4.69, 9.17) is 5.73 Å². The zero-order valence-corrected chi connectivity index (χ0v) is 12.1. The van der Waals surface area contributed by atoms with Crippen molar-refractivity contribution in [3.8, 4) is 0 Å². The molecular formula is C15H26N4. The summed E-state index contributed by atoms with van der Waals surface area (Å²) in [5, 5.41) is 0. The van der Waals surface area contributed by atoms with E-state index in [2.05, 4.69) is 40.9 Å². The van der Waals surface area contributed by atoms with E-state index < -0.39 is 0 Å². The zero-order chi connectivity index (χ0) is 13.7. The van der Waals surface area contributed by atoms with Crippen LogP contribution in [0.2, 0.25) is 0 Å². The van der Waals surface area contributed by atoms with Crippen LogP contribution in [0.5, 0.6) is 0 Å². The van der Waals surface area contributed by atoms with E-state index in [9.17, 15) is 0 Å². The number of rotatable bonds is 5. The molecule has 1 saturated heterocycles. The van der Waals surface area contributed by atoms with Gasteiger partial charge in [-0.1, -0.05) is 6.92 Å². The molecule has 0 aromatic carbocycles. The summed E-state index contributed by atoms with van der Waals surface area (Å²) in [6.45, 7) is 6.48. The van der Waals surface area contributed by atoms with Gasteiger partial charge in [-0.15, -0.1) is 0 Å². The predicted octanol–water partition coefficient (Wildman–Crippen LogP) is 1.50. The molecule has 0 spiro atoms. The predicted molar refractivity (Wildman–Crippen MR) is 78.9 cm³/mol. The molecule has 19 heavy (non-hydrogen) atoms. The van der Waals surface area contributed by atoms with Gasteiger partial charge in [-0.3, -0.25) is 9.88 Å². The Bertz CT molecular complexity index is 360. The average Bonchev–Trinajstić information content (AvgIpc) is 2.49. The number of hydrogen-bond donors (Lipinski definition) is 1. The molecule has 2 rings (SSSR count). The maximum Gasteiger partial charge on any atom is 0.0471 e. The SMILES string of the molecule is CCN1CCC(N(C)C(CN)c2ccncc2)CC1. The molecule has 1 aromatic heterocycles. The van der Waals surface area contributed by atoms with Crippen molar-refractivity contribution in [1.82, 2.24) is 14.8 Å². The molecule has 106 valence electrons. The molecule has 2 heterocycles. The largest absolute Gasteiger partial charge is 0.329 e. The third-order valence-corrected chi connectivity index (χ3v) is 4.39. The molecule has 1 aromatic rings. The monoisotopic (exact) mass is 262 g/mol. The van der Waals surface area contributed by atoms with Gasteiger partial charge in [0, 0.05) is 31.0 Å². The Morgan fingerprint density at radius 1 is 1.37 bits per heavy atom. The number of likely N-dealkylation sites (tertiary alicyclic amines) is 1. The number of piperidine rings is 1. The summed E-state index contributed by atoms with van der Waals surface area (Å²) >= 11 is 0. The van der Waals surface area contributed by atoms with Gasteiger partial charge in [-0.2, -0.15) is 0 Å². The lowest BCUT2D eigenvalue weighted by Crippen LogP contribution is -2.45. The summed E-state index contributed by atoms with van der Waals surface area (Å²) in [4.78, 5) is 9.07. The van der Waals surface area contributed by atoms with Gasteiger partial charge < -0.3 is 10.6 Å². The minimum Gasteiger partial charge on any atom is -0.329 e. The Labute approximate surface area is 116 Å². The Hall–Kier alpha value is -0.970. The second-order valence-corrected chi connectivity index (χ2v) is 5.36. The highest BCUT2D eigenvalue weighted by molar-refractivity contribution is 5.16. The Morgan fingerprint density at radius 2 is 2.00 bits per heavy atom. The lowest BCUT2D eigenvalue weighted by molar-refractivity contribution is 0.101. The highest BCUT2D eigenvalue weighted by Gasteiger charge is 2.26. The van der Waals surface area contributed by atoms with Crippen LogP contribution in [-0.4, -0.2) is 54.1 Å². The van der Waals surface area contributed by atoms with E-state index in [-0.39, 0.29) is 0 Å². The van der Waals surface area contributed by atoms with Crippen LogP contribution in [0.1, 0.15) is 31.4 Å². The fourth-order valence-corrected chi connectivity index (χ4v) is 3.02. The summed E-state index contributed by atoms with van der Waals surface area (Å²) in [5.74, 6) is 0. The summed E-state index contributed by atoms with van der Waals surface area (Å²) in [7, 11) is 2.21. The summed E-state index contributed by atoms with van der Waals surface area (Å²) < 4.78 is 0. The van der Waals surface area contributed by atoms with Crippen LogP contribution in [0.25, 0.3) is 0 Å². The number of aromatic nitrogens is 1. The van der Waals surface area contributed by atoms with Gasteiger partial charge in [0.25, 0.3) is 0 Å². The van der Waals surface area contributed by atoms with E-state index in [1.165, 1.54) is 38.0 Å². The van der Waals surface area contributed by atoms with E-state index in [1.807, 2.05) is 12.4 Å². The van der Waals surface area contributed by atoms with Crippen LogP contribution in [-0.2, 0) is 0 Å². The van der Waals surface area contributed by atoms with E-state index in [0.29, 0.717) is 18.6 Å². The van der Waals surface area contributed by atoms with Gasteiger partial charge in [-0.25, -0.2) is 0 Å². The third-order valence-electron chi connectivity index (χ3n) is 4.39. The Morgan fingerprint density at radius 3 is 2.53 bits per heavy atom. The molecule has 1 atom stereocenters. The van der Waals surface area contributed by atoms with Crippen LogP contribution in [0.15, 0.2) is 24.5 Å². The van der Waals surface area contributed by atoms with Crippen LogP contribution in [0.3, 0.4) is 0 Å². The second-order valence-electron chi connectivity index (χ2n) is 5.36. The first-order valence-electron chi connectivity index (χ1n) is 7.30. The highest BCUT2D eigenvalue weighted by Crippen LogP contribution is 2.24. The van der Waals surface area contributed by atoms with Gasteiger partial charge in [-0.05, 0) is 57.2 Å². The highest BCUT2D eigenvalue weighted by atomic mass is 15.2. The minimum atomic E-state index is 0.307. The first kappa shape index (κ1) is 14.4. The van der Waals surface area contributed by atoms with Crippen molar-refractivity contribution in [2.75, 3.05) is 33.2 Å². The first-order chi connectivity index (χ1) is 9.26. The number of likely N-dealkylation sites (N-methyl/N-ethyl adjacent to an activating group) is 1. The normalized spacial score (nSPS) is 19.8. The second kappa shape index (κ2) is 6.98. The standard InChI is InChI=1S/C15H26N4/c1-3-19-10-6-14(7-11-19)18(2)15(12-16)13-4-8-17-9-5-13/h4-5,8-9,14-15H,3,6-7,10-12,16H2,1-2H3. The van der Waals surface area contributed by atoms with Gasteiger partial charge in [0.1, 0.15) is 0 Å². The molecular weight excluding hydrogens is 236 g/mol. The maximum absolute atomic E-state index is 5.99. The zero-order valence-electron chi connectivity index (χ0n) is 12.1. The molecule has 0 amide bonds. The minimum absolute atomic E-state index is 0.307. The number of pyridine rings is 1. The lowest BCUT2D eigenvalue weighted by Gasteiger charge is -2.40. The molecule has 1 aliphatic heterocycles. The fourth-order valence-electron chi connectivity index (χ4n) is 3.02. The van der Waals surface area contributed by atoms with Crippen molar-refractivity contribution in [1.29, 1.82) is 0 Å². The fraction of sp³-hybridized carbons (Fsp3) is 0.667. The van der Waals surface area contributed by atoms with Gasteiger partial charge in [0.05, 0.1) is 0 Å². The summed E-state index contributed by atoms with van der Waals surface area (Å²) in [6.07, 6.45) is 6.19. The molecule has 1 unspecified atom stereocenters. The molecule has 0 bridgehead atoms. The van der Waals surface area contributed by atoms with Crippen LogP contribution in [0.4, 0.5) is 0 Å².